The molecule has 0 atom stereocenters. The molecule has 2 aromatic rings. The van der Waals surface area contributed by atoms with Crippen LogP contribution in [0.1, 0.15) is 0 Å². The Morgan fingerprint density at radius 1 is 1.11 bits per heavy atom. The van der Waals surface area contributed by atoms with E-state index in [0.29, 0.717) is 6.07 Å². The summed E-state index contributed by atoms with van der Waals surface area (Å²) < 4.78 is 53.6. The van der Waals surface area contributed by atoms with Crippen molar-refractivity contribution in [3.63, 3.8) is 0 Å². The lowest BCUT2D eigenvalue weighted by Crippen LogP contribution is -2.10. The molecule has 0 radical (unpaired) electrons. The van der Waals surface area contributed by atoms with Crippen molar-refractivity contribution in [2.24, 2.45) is 0 Å². The molecule has 7 heteroatoms. The van der Waals surface area contributed by atoms with Gasteiger partial charge in [-0.2, -0.15) is 8.42 Å². The molecule has 0 saturated heterocycles. The third-order valence-electron chi connectivity index (χ3n) is 2.02. The van der Waals surface area contributed by atoms with E-state index in [9.17, 15) is 17.2 Å². The van der Waals surface area contributed by atoms with Crippen LogP contribution < -0.4 is 4.18 Å². The van der Waals surface area contributed by atoms with Crippen LogP contribution in [0.3, 0.4) is 0 Å². The predicted octanol–water partition coefficient (Wildman–Crippen LogP) is 2.13. The normalized spacial score (nSPS) is 11.2. The maximum atomic E-state index is 12.9. The lowest BCUT2D eigenvalue weighted by Gasteiger charge is -2.06. The van der Waals surface area contributed by atoms with Gasteiger partial charge in [0, 0.05) is 18.5 Å². The van der Waals surface area contributed by atoms with E-state index >= 15 is 0 Å². The summed E-state index contributed by atoms with van der Waals surface area (Å²) in [5.74, 6) is -2.58. The van der Waals surface area contributed by atoms with Gasteiger partial charge in [-0.15, -0.1) is 0 Å². The summed E-state index contributed by atoms with van der Waals surface area (Å²) in [6.45, 7) is 0. The zero-order valence-corrected chi connectivity index (χ0v) is 9.69. The zero-order valence-electron chi connectivity index (χ0n) is 8.88. The van der Waals surface area contributed by atoms with Gasteiger partial charge < -0.3 is 4.18 Å². The predicted molar refractivity (Wildman–Crippen MR) is 58.4 cm³/mol. The van der Waals surface area contributed by atoms with Crippen molar-refractivity contribution < 1.29 is 21.4 Å². The molecule has 18 heavy (non-hydrogen) atoms. The van der Waals surface area contributed by atoms with Crippen LogP contribution in [0.15, 0.2) is 47.6 Å². The van der Waals surface area contributed by atoms with Crippen molar-refractivity contribution in [1.82, 2.24) is 4.98 Å². The van der Waals surface area contributed by atoms with E-state index in [1.54, 1.807) is 0 Å². The third-order valence-corrected chi connectivity index (χ3v) is 3.25. The van der Waals surface area contributed by atoms with Crippen LogP contribution in [0.5, 0.6) is 5.75 Å². The lowest BCUT2D eigenvalue weighted by atomic mass is 10.3. The van der Waals surface area contributed by atoms with Gasteiger partial charge in [0.25, 0.3) is 0 Å². The molecule has 0 N–H and O–H groups in total. The first-order valence-corrected chi connectivity index (χ1v) is 6.19. The highest BCUT2D eigenvalue weighted by atomic mass is 32.2. The highest BCUT2D eigenvalue weighted by Gasteiger charge is 2.17. The molecule has 4 nitrogen and oxygen atoms in total. The van der Waals surface area contributed by atoms with Crippen molar-refractivity contribution in [2.75, 3.05) is 0 Å². The second-order valence-corrected chi connectivity index (χ2v) is 4.85. The monoisotopic (exact) mass is 271 g/mol. The number of pyridine rings is 1. The Hall–Kier alpha value is -2.02. The molecular formula is C11H7F2NO3S. The number of aromatic nitrogens is 1. The average Bonchev–Trinajstić information content (AvgIpc) is 2.35. The minimum Gasteiger partial charge on any atom is -0.379 e. The number of rotatable bonds is 3. The molecule has 0 amide bonds. The summed E-state index contributed by atoms with van der Waals surface area (Å²) >= 11 is 0. The van der Waals surface area contributed by atoms with E-state index in [-0.39, 0.29) is 10.6 Å². The minimum atomic E-state index is -4.09. The number of benzene rings is 1. The van der Waals surface area contributed by atoms with Gasteiger partial charge >= 0.3 is 10.1 Å². The third kappa shape index (κ3) is 2.62. The molecule has 0 unspecified atom stereocenters. The smallest absolute Gasteiger partial charge is 0.340 e. The Kier molecular flexibility index (Phi) is 3.24. The first-order chi connectivity index (χ1) is 8.49. The average molecular weight is 271 g/mol. The maximum Gasteiger partial charge on any atom is 0.340 e. The van der Waals surface area contributed by atoms with Crippen LogP contribution in [0.4, 0.5) is 8.78 Å². The van der Waals surface area contributed by atoms with Gasteiger partial charge in [-0.3, -0.25) is 4.98 Å². The molecular weight excluding hydrogens is 264 g/mol. The van der Waals surface area contributed by atoms with Crippen molar-refractivity contribution in [1.29, 1.82) is 0 Å². The molecule has 0 aliphatic carbocycles. The quantitative estimate of drug-likeness (QED) is 0.802. The molecule has 0 aliphatic rings. The van der Waals surface area contributed by atoms with Crippen molar-refractivity contribution in [3.05, 3.63) is 54.4 Å². The Morgan fingerprint density at radius 2 is 1.89 bits per heavy atom. The number of nitrogens with zero attached hydrogens (tertiary/aromatic N) is 1. The van der Waals surface area contributed by atoms with E-state index in [1.807, 2.05) is 0 Å². The Balaban J connectivity index is 2.31. The topological polar surface area (TPSA) is 56.3 Å². The Morgan fingerprint density at radius 3 is 2.50 bits per heavy atom. The number of halogens is 2. The van der Waals surface area contributed by atoms with Gasteiger partial charge in [-0.05, 0) is 24.3 Å². The molecule has 1 heterocycles. The van der Waals surface area contributed by atoms with Crippen LogP contribution >= 0.6 is 0 Å². The van der Waals surface area contributed by atoms with Crippen molar-refractivity contribution in [2.45, 2.75) is 4.90 Å². The van der Waals surface area contributed by atoms with Crippen LogP contribution in [0.25, 0.3) is 0 Å². The lowest BCUT2D eigenvalue weighted by molar-refractivity contribution is 0.472. The molecule has 2 rings (SSSR count). The summed E-state index contributed by atoms with van der Waals surface area (Å²) in [6.07, 6.45) is 2.49. The van der Waals surface area contributed by atoms with Crippen LogP contribution in [0, 0.1) is 11.6 Å². The fourth-order valence-corrected chi connectivity index (χ4v) is 2.09. The Labute approximate surface area is 102 Å². The minimum absolute atomic E-state index is 0.172. The summed E-state index contributed by atoms with van der Waals surface area (Å²) in [7, 11) is -4.09. The van der Waals surface area contributed by atoms with Gasteiger partial charge in [0.2, 0.25) is 0 Å². The zero-order chi connectivity index (χ0) is 13.2. The SMILES string of the molecule is O=S(=O)(Oc1ccc(F)c(F)c1)c1cccnc1. The molecule has 0 spiro atoms. The van der Waals surface area contributed by atoms with E-state index in [1.165, 1.54) is 18.3 Å². The van der Waals surface area contributed by atoms with E-state index in [4.69, 9.17) is 0 Å². The second kappa shape index (κ2) is 4.69. The van der Waals surface area contributed by atoms with Gasteiger partial charge in [0.1, 0.15) is 10.6 Å². The summed E-state index contributed by atoms with van der Waals surface area (Å²) in [5.41, 5.74) is 0. The molecule has 1 aromatic carbocycles. The van der Waals surface area contributed by atoms with Crippen molar-refractivity contribution in [3.8, 4) is 5.75 Å². The van der Waals surface area contributed by atoms with E-state index in [0.717, 1.165) is 18.3 Å². The first-order valence-electron chi connectivity index (χ1n) is 4.78. The van der Waals surface area contributed by atoms with Crippen LogP contribution in [-0.2, 0) is 10.1 Å². The summed E-state index contributed by atoms with van der Waals surface area (Å²) in [5, 5.41) is 0. The standard InChI is InChI=1S/C11H7F2NO3S/c12-10-4-3-8(6-11(10)13)17-18(15,16)9-2-1-5-14-7-9/h1-7H. The summed E-state index contributed by atoms with van der Waals surface area (Å²) in [6, 6.07) is 5.16. The highest BCUT2D eigenvalue weighted by Crippen LogP contribution is 2.20. The number of hydrogen-bond acceptors (Lipinski definition) is 4. The van der Waals surface area contributed by atoms with Crippen molar-refractivity contribution >= 4 is 10.1 Å². The van der Waals surface area contributed by atoms with Gasteiger partial charge in [0.15, 0.2) is 11.6 Å². The highest BCUT2D eigenvalue weighted by molar-refractivity contribution is 7.87. The largest absolute Gasteiger partial charge is 0.379 e. The molecule has 0 bridgehead atoms. The fourth-order valence-electron chi connectivity index (χ4n) is 1.20. The van der Waals surface area contributed by atoms with Crippen LogP contribution in [0.2, 0.25) is 0 Å². The van der Waals surface area contributed by atoms with E-state index < -0.39 is 21.8 Å². The maximum absolute atomic E-state index is 12.9. The molecule has 0 saturated carbocycles. The van der Waals surface area contributed by atoms with Gasteiger partial charge in [-0.1, -0.05) is 0 Å². The molecule has 0 fully saturated rings. The van der Waals surface area contributed by atoms with Gasteiger partial charge in [0.05, 0.1) is 0 Å². The molecule has 0 aliphatic heterocycles. The fraction of sp³-hybridized carbons (Fsp3) is 0. The number of hydrogen-bond donors (Lipinski definition) is 0. The van der Waals surface area contributed by atoms with Crippen LogP contribution in [-0.4, -0.2) is 13.4 Å². The Bertz CT molecular complexity index is 659. The summed E-state index contributed by atoms with van der Waals surface area (Å²) in [4.78, 5) is 3.46. The second-order valence-electron chi connectivity index (χ2n) is 3.30. The molecule has 1 aromatic heterocycles. The first kappa shape index (κ1) is 12.4. The van der Waals surface area contributed by atoms with E-state index in [2.05, 4.69) is 9.17 Å². The molecule has 94 valence electrons. The van der Waals surface area contributed by atoms with Gasteiger partial charge in [-0.25, -0.2) is 8.78 Å².